The summed E-state index contributed by atoms with van der Waals surface area (Å²) in [5, 5.41) is 17.9. The fourth-order valence-electron chi connectivity index (χ4n) is 1.86. The Bertz CT molecular complexity index is 748. The Morgan fingerprint density at radius 1 is 1.20 bits per heavy atom. The molecular formula is C14H16N2O3S. The molecule has 0 saturated heterocycles. The summed E-state index contributed by atoms with van der Waals surface area (Å²) in [6.45, 7) is 0.248. The van der Waals surface area contributed by atoms with Gasteiger partial charge in [-0.15, -0.1) is 0 Å². The van der Waals surface area contributed by atoms with Crippen LogP contribution in [0.2, 0.25) is 0 Å². The molecule has 0 bridgehead atoms. The first-order valence-electron chi connectivity index (χ1n) is 6.06. The fraction of sp³-hybridized carbons (Fsp3) is 0.214. The SMILES string of the molecule is CS(=O)(=O)c1ccc(C(O)Cn2ccccc2=N)cc1. The third-order valence-corrected chi connectivity index (χ3v) is 4.13. The number of nitrogens with one attached hydrogen (secondary N) is 1. The Kier molecular flexibility index (Phi) is 4.06. The van der Waals surface area contributed by atoms with Crippen LogP contribution in [0.1, 0.15) is 11.7 Å². The highest BCUT2D eigenvalue weighted by Crippen LogP contribution is 2.17. The van der Waals surface area contributed by atoms with Gasteiger partial charge in [0, 0.05) is 12.5 Å². The zero-order valence-electron chi connectivity index (χ0n) is 11.0. The average Bonchev–Trinajstić information content (AvgIpc) is 2.40. The number of aliphatic hydroxyl groups is 1. The largest absolute Gasteiger partial charge is 0.387 e. The Labute approximate surface area is 117 Å². The summed E-state index contributed by atoms with van der Waals surface area (Å²) in [7, 11) is -3.23. The van der Waals surface area contributed by atoms with Crippen LogP contribution in [0.15, 0.2) is 53.6 Å². The molecule has 0 saturated carbocycles. The standard InChI is InChI=1S/C14H16N2O3S/c1-20(18,19)12-7-5-11(6-8-12)13(17)10-16-9-3-2-4-14(16)15/h2-9,13,15,17H,10H2,1H3. The van der Waals surface area contributed by atoms with Gasteiger partial charge in [-0.3, -0.25) is 5.41 Å². The van der Waals surface area contributed by atoms with E-state index in [-0.39, 0.29) is 11.4 Å². The maximum Gasteiger partial charge on any atom is 0.175 e. The van der Waals surface area contributed by atoms with E-state index >= 15 is 0 Å². The molecule has 0 radical (unpaired) electrons. The molecule has 1 aromatic heterocycles. The van der Waals surface area contributed by atoms with Crippen molar-refractivity contribution in [1.29, 1.82) is 5.41 Å². The number of hydrogen-bond acceptors (Lipinski definition) is 4. The number of sulfone groups is 1. The summed E-state index contributed by atoms with van der Waals surface area (Å²) in [4.78, 5) is 0.224. The molecule has 2 aromatic rings. The molecule has 0 fully saturated rings. The molecule has 20 heavy (non-hydrogen) atoms. The van der Waals surface area contributed by atoms with E-state index in [9.17, 15) is 13.5 Å². The normalized spacial score (nSPS) is 13.1. The van der Waals surface area contributed by atoms with Crippen LogP contribution in [-0.4, -0.2) is 24.3 Å². The van der Waals surface area contributed by atoms with Gasteiger partial charge in [-0.05, 0) is 29.8 Å². The molecule has 1 aromatic carbocycles. The molecule has 6 heteroatoms. The first-order chi connectivity index (χ1) is 9.38. The number of aliphatic hydroxyl groups excluding tert-OH is 1. The van der Waals surface area contributed by atoms with Crippen LogP contribution in [-0.2, 0) is 16.4 Å². The molecule has 1 heterocycles. The number of nitrogens with zero attached hydrogens (tertiary/aromatic N) is 1. The summed E-state index contributed by atoms with van der Waals surface area (Å²) in [6, 6.07) is 11.3. The first-order valence-corrected chi connectivity index (χ1v) is 7.95. The number of pyridine rings is 1. The van der Waals surface area contributed by atoms with Crippen molar-refractivity contribution in [2.45, 2.75) is 17.5 Å². The van der Waals surface area contributed by atoms with Crippen molar-refractivity contribution in [2.24, 2.45) is 0 Å². The van der Waals surface area contributed by atoms with Crippen LogP contribution in [0.5, 0.6) is 0 Å². The molecular weight excluding hydrogens is 276 g/mol. The molecule has 0 aliphatic rings. The predicted molar refractivity (Wildman–Crippen MR) is 74.8 cm³/mol. The van der Waals surface area contributed by atoms with Crippen molar-refractivity contribution in [2.75, 3.05) is 6.26 Å². The smallest absolute Gasteiger partial charge is 0.175 e. The van der Waals surface area contributed by atoms with Gasteiger partial charge in [-0.25, -0.2) is 8.42 Å². The van der Waals surface area contributed by atoms with Crippen molar-refractivity contribution >= 4 is 9.84 Å². The van der Waals surface area contributed by atoms with Crippen molar-refractivity contribution < 1.29 is 13.5 Å². The van der Waals surface area contributed by atoms with E-state index in [1.807, 2.05) is 0 Å². The lowest BCUT2D eigenvalue weighted by Gasteiger charge is -2.14. The zero-order valence-corrected chi connectivity index (χ0v) is 11.8. The van der Waals surface area contributed by atoms with E-state index in [4.69, 9.17) is 5.41 Å². The van der Waals surface area contributed by atoms with Gasteiger partial charge in [0.05, 0.1) is 17.5 Å². The monoisotopic (exact) mass is 292 g/mol. The topological polar surface area (TPSA) is 83.2 Å². The lowest BCUT2D eigenvalue weighted by Crippen LogP contribution is -2.21. The Morgan fingerprint density at radius 3 is 2.40 bits per heavy atom. The predicted octanol–water partition coefficient (Wildman–Crippen LogP) is 1.10. The van der Waals surface area contributed by atoms with E-state index in [2.05, 4.69) is 0 Å². The molecule has 0 aliphatic carbocycles. The molecule has 2 N–H and O–H groups in total. The number of rotatable bonds is 4. The second-order valence-electron chi connectivity index (χ2n) is 4.60. The van der Waals surface area contributed by atoms with Gasteiger partial charge in [0.25, 0.3) is 0 Å². The Hall–Kier alpha value is -1.92. The van der Waals surface area contributed by atoms with Gasteiger partial charge in [0.2, 0.25) is 0 Å². The summed E-state index contributed by atoms with van der Waals surface area (Å²) in [5.41, 5.74) is 0.924. The third kappa shape index (κ3) is 3.34. The lowest BCUT2D eigenvalue weighted by atomic mass is 10.1. The fourth-order valence-corrected chi connectivity index (χ4v) is 2.49. The highest BCUT2D eigenvalue weighted by molar-refractivity contribution is 7.90. The van der Waals surface area contributed by atoms with E-state index < -0.39 is 15.9 Å². The number of benzene rings is 1. The quantitative estimate of drug-likeness (QED) is 0.885. The molecule has 1 unspecified atom stereocenters. The molecule has 1 atom stereocenters. The van der Waals surface area contributed by atoms with Gasteiger partial charge >= 0.3 is 0 Å². The van der Waals surface area contributed by atoms with Gasteiger partial charge in [-0.1, -0.05) is 18.2 Å². The van der Waals surface area contributed by atoms with Crippen LogP contribution < -0.4 is 5.49 Å². The highest BCUT2D eigenvalue weighted by Gasteiger charge is 2.11. The van der Waals surface area contributed by atoms with Crippen LogP contribution in [0, 0.1) is 5.41 Å². The van der Waals surface area contributed by atoms with Crippen molar-refractivity contribution in [3.63, 3.8) is 0 Å². The maximum atomic E-state index is 11.4. The first kappa shape index (κ1) is 14.5. The second kappa shape index (κ2) is 5.60. The van der Waals surface area contributed by atoms with E-state index in [1.54, 1.807) is 41.1 Å². The Morgan fingerprint density at radius 2 is 1.85 bits per heavy atom. The zero-order chi connectivity index (χ0) is 14.8. The maximum absolute atomic E-state index is 11.4. The second-order valence-corrected chi connectivity index (χ2v) is 6.61. The van der Waals surface area contributed by atoms with E-state index in [0.717, 1.165) is 6.26 Å². The van der Waals surface area contributed by atoms with Crippen LogP contribution in [0.3, 0.4) is 0 Å². The number of aromatic nitrogens is 1. The molecule has 0 aliphatic heterocycles. The minimum atomic E-state index is -3.23. The summed E-state index contributed by atoms with van der Waals surface area (Å²) in [6.07, 6.45) is 2.07. The molecule has 0 spiro atoms. The number of hydrogen-bond donors (Lipinski definition) is 2. The van der Waals surface area contributed by atoms with Gasteiger partial charge < -0.3 is 9.67 Å². The molecule has 106 valence electrons. The van der Waals surface area contributed by atoms with Crippen molar-refractivity contribution in [3.8, 4) is 0 Å². The van der Waals surface area contributed by atoms with E-state index in [0.29, 0.717) is 11.1 Å². The summed E-state index contributed by atoms with van der Waals surface area (Å²) < 4.78 is 24.3. The average molecular weight is 292 g/mol. The third-order valence-electron chi connectivity index (χ3n) is 3.00. The molecule has 2 rings (SSSR count). The van der Waals surface area contributed by atoms with Gasteiger partial charge in [-0.2, -0.15) is 0 Å². The highest BCUT2D eigenvalue weighted by atomic mass is 32.2. The van der Waals surface area contributed by atoms with Crippen molar-refractivity contribution in [3.05, 3.63) is 59.7 Å². The van der Waals surface area contributed by atoms with E-state index in [1.165, 1.54) is 12.1 Å². The minimum Gasteiger partial charge on any atom is -0.387 e. The molecule has 0 amide bonds. The summed E-state index contributed by atoms with van der Waals surface area (Å²) in [5.74, 6) is 0. The van der Waals surface area contributed by atoms with Gasteiger partial charge in [0.15, 0.2) is 9.84 Å². The minimum absolute atomic E-state index is 0.224. The molecule has 5 nitrogen and oxygen atoms in total. The van der Waals surface area contributed by atoms with Gasteiger partial charge in [0.1, 0.15) is 5.49 Å². The lowest BCUT2D eigenvalue weighted by molar-refractivity contribution is 0.154. The Balaban J connectivity index is 2.20. The van der Waals surface area contributed by atoms with Crippen LogP contribution >= 0.6 is 0 Å². The van der Waals surface area contributed by atoms with Crippen LogP contribution in [0.4, 0.5) is 0 Å². The van der Waals surface area contributed by atoms with Crippen molar-refractivity contribution in [1.82, 2.24) is 4.57 Å². The summed E-state index contributed by atoms with van der Waals surface area (Å²) >= 11 is 0. The van der Waals surface area contributed by atoms with Crippen LogP contribution in [0.25, 0.3) is 0 Å².